The molecule has 0 aliphatic carbocycles. The van der Waals surface area contributed by atoms with Crippen LogP contribution in [0.2, 0.25) is 15.2 Å². The molecule has 0 radical (unpaired) electrons. The average molecular weight is 354 g/mol. The first-order valence-corrected chi connectivity index (χ1v) is 7.42. The summed E-state index contributed by atoms with van der Waals surface area (Å²) in [6, 6.07) is 9.34. The summed E-state index contributed by atoms with van der Waals surface area (Å²) in [5, 5.41) is 1.05. The Morgan fingerprint density at radius 2 is 1.41 bits per heavy atom. The van der Waals surface area contributed by atoms with Gasteiger partial charge in [-0.3, -0.25) is 0 Å². The molecular formula is C16H8Cl3FN2. The van der Waals surface area contributed by atoms with E-state index in [1.54, 1.807) is 36.4 Å². The molecule has 3 rings (SSSR count). The van der Waals surface area contributed by atoms with Crippen molar-refractivity contribution in [1.82, 2.24) is 9.97 Å². The molecule has 2 aromatic carbocycles. The van der Waals surface area contributed by atoms with Crippen LogP contribution in [0.15, 0.2) is 36.4 Å². The Morgan fingerprint density at radius 1 is 0.818 bits per heavy atom. The van der Waals surface area contributed by atoms with Gasteiger partial charge in [-0.25, -0.2) is 14.4 Å². The average Bonchev–Trinajstić information content (AvgIpc) is 2.49. The van der Waals surface area contributed by atoms with E-state index < -0.39 is 0 Å². The number of hydrogen-bond donors (Lipinski definition) is 0. The molecule has 2 nitrogen and oxygen atoms in total. The summed E-state index contributed by atoms with van der Waals surface area (Å²) in [5.41, 5.74) is 2.49. The van der Waals surface area contributed by atoms with E-state index in [-0.39, 0.29) is 11.0 Å². The third-order valence-electron chi connectivity index (χ3n) is 2.99. The third kappa shape index (κ3) is 3.22. The highest BCUT2D eigenvalue weighted by atomic mass is 35.5. The van der Waals surface area contributed by atoms with Gasteiger partial charge in [0.25, 0.3) is 0 Å². The molecule has 0 unspecified atom stereocenters. The molecule has 22 heavy (non-hydrogen) atoms. The number of nitrogens with zero attached hydrogens (tertiary/aromatic N) is 2. The van der Waals surface area contributed by atoms with Gasteiger partial charge in [0.05, 0.1) is 21.1 Å². The van der Waals surface area contributed by atoms with Gasteiger partial charge in [-0.2, -0.15) is 0 Å². The van der Waals surface area contributed by atoms with Gasteiger partial charge < -0.3 is 0 Å². The smallest absolute Gasteiger partial charge is 0.155 e. The number of halogens is 4. The van der Waals surface area contributed by atoms with Crippen molar-refractivity contribution in [1.29, 1.82) is 0 Å². The molecular weight excluding hydrogens is 346 g/mol. The minimum atomic E-state index is -0.285. The van der Waals surface area contributed by atoms with Crippen LogP contribution in [0.5, 0.6) is 0 Å². The molecule has 6 heteroatoms. The first-order chi connectivity index (χ1) is 10.5. The van der Waals surface area contributed by atoms with Crippen LogP contribution < -0.4 is 0 Å². The predicted octanol–water partition coefficient (Wildman–Crippen LogP) is 5.90. The molecule has 0 saturated heterocycles. The predicted molar refractivity (Wildman–Crippen MR) is 89.9 cm³/mol. The second kappa shape index (κ2) is 6.21. The standard InChI is InChI=1S/C16H8Cl3FN2/c17-11-7-14-15(8-12(11)18)22-16(19)13(21-14)6-3-9-1-4-10(20)5-2-9/h1-8H/b6-3+. The summed E-state index contributed by atoms with van der Waals surface area (Å²) < 4.78 is 12.9. The molecule has 0 bridgehead atoms. The van der Waals surface area contributed by atoms with Gasteiger partial charge >= 0.3 is 0 Å². The van der Waals surface area contributed by atoms with Crippen LogP contribution >= 0.6 is 34.8 Å². The summed E-state index contributed by atoms with van der Waals surface area (Å²) in [4.78, 5) is 8.66. The van der Waals surface area contributed by atoms with Gasteiger partial charge in [0, 0.05) is 0 Å². The molecule has 0 N–H and O–H groups in total. The number of benzene rings is 2. The zero-order chi connectivity index (χ0) is 15.7. The van der Waals surface area contributed by atoms with Gasteiger partial charge in [-0.15, -0.1) is 0 Å². The van der Waals surface area contributed by atoms with Crippen molar-refractivity contribution in [3.05, 3.63) is 68.7 Å². The topological polar surface area (TPSA) is 25.8 Å². The van der Waals surface area contributed by atoms with E-state index in [1.165, 1.54) is 12.1 Å². The summed E-state index contributed by atoms with van der Waals surface area (Å²) in [7, 11) is 0. The maximum absolute atomic E-state index is 12.9. The van der Waals surface area contributed by atoms with E-state index in [1.807, 2.05) is 0 Å². The maximum Gasteiger partial charge on any atom is 0.155 e. The number of fused-ring (bicyclic) bond motifs is 1. The van der Waals surface area contributed by atoms with Gasteiger partial charge in [0.2, 0.25) is 0 Å². The Balaban J connectivity index is 2.01. The third-order valence-corrected chi connectivity index (χ3v) is 3.99. The van der Waals surface area contributed by atoms with Crippen LogP contribution in [0.25, 0.3) is 23.2 Å². The van der Waals surface area contributed by atoms with Crippen LogP contribution in [-0.2, 0) is 0 Å². The van der Waals surface area contributed by atoms with Gasteiger partial charge in [0.1, 0.15) is 11.5 Å². The molecule has 0 aliphatic heterocycles. The molecule has 0 aliphatic rings. The first-order valence-electron chi connectivity index (χ1n) is 6.29. The lowest BCUT2D eigenvalue weighted by Gasteiger charge is -2.03. The maximum atomic E-state index is 12.9. The van der Waals surface area contributed by atoms with Crippen LogP contribution in [0.3, 0.4) is 0 Å². The minimum absolute atomic E-state index is 0.254. The van der Waals surface area contributed by atoms with Crippen molar-refractivity contribution in [3.8, 4) is 0 Å². The summed E-state index contributed by atoms with van der Waals surface area (Å²) in [6.45, 7) is 0. The van der Waals surface area contributed by atoms with E-state index in [2.05, 4.69) is 9.97 Å². The highest BCUT2D eigenvalue weighted by Crippen LogP contribution is 2.28. The van der Waals surface area contributed by atoms with Crippen LogP contribution in [0.1, 0.15) is 11.3 Å². The van der Waals surface area contributed by atoms with Crippen molar-refractivity contribution in [2.75, 3.05) is 0 Å². The molecule has 0 amide bonds. The van der Waals surface area contributed by atoms with Gasteiger partial charge in [-0.1, -0.05) is 53.0 Å². The fourth-order valence-corrected chi connectivity index (χ4v) is 2.41. The van der Waals surface area contributed by atoms with E-state index in [0.29, 0.717) is 26.8 Å². The number of rotatable bonds is 2. The molecule has 0 fully saturated rings. The highest BCUT2D eigenvalue weighted by molar-refractivity contribution is 6.42. The normalized spacial score (nSPS) is 11.5. The molecule has 0 saturated carbocycles. The Kier molecular flexibility index (Phi) is 4.30. The summed E-state index contributed by atoms with van der Waals surface area (Å²) in [5.74, 6) is -0.285. The quantitative estimate of drug-likeness (QED) is 0.573. The zero-order valence-electron chi connectivity index (χ0n) is 11.0. The molecule has 3 aromatic rings. The largest absolute Gasteiger partial charge is 0.243 e. The lowest BCUT2D eigenvalue weighted by atomic mass is 10.2. The van der Waals surface area contributed by atoms with Crippen LogP contribution in [0.4, 0.5) is 4.39 Å². The SMILES string of the molecule is Fc1ccc(/C=C/c2nc3cc(Cl)c(Cl)cc3nc2Cl)cc1. The van der Waals surface area contributed by atoms with E-state index >= 15 is 0 Å². The molecule has 110 valence electrons. The van der Waals surface area contributed by atoms with Crippen LogP contribution in [0, 0.1) is 5.82 Å². The Hall–Kier alpha value is -1.68. The molecule has 1 heterocycles. The second-order valence-electron chi connectivity index (χ2n) is 4.54. The second-order valence-corrected chi connectivity index (χ2v) is 5.71. The highest BCUT2D eigenvalue weighted by Gasteiger charge is 2.07. The molecule has 1 aromatic heterocycles. The van der Waals surface area contributed by atoms with Gasteiger partial charge in [-0.05, 0) is 35.9 Å². The Labute approximate surface area is 141 Å². The minimum Gasteiger partial charge on any atom is -0.243 e. The monoisotopic (exact) mass is 352 g/mol. The molecule has 0 atom stereocenters. The summed E-state index contributed by atoms with van der Waals surface area (Å²) in [6.07, 6.45) is 3.49. The lowest BCUT2D eigenvalue weighted by Crippen LogP contribution is -1.90. The fraction of sp³-hybridized carbons (Fsp3) is 0. The van der Waals surface area contributed by atoms with Crippen LogP contribution in [-0.4, -0.2) is 9.97 Å². The Morgan fingerprint density at radius 3 is 2.05 bits per heavy atom. The van der Waals surface area contributed by atoms with E-state index in [9.17, 15) is 4.39 Å². The fourth-order valence-electron chi connectivity index (χ4n) is 1.90. The van der Waals surface area contributed by atoms with E-state index in [4.69, 9.17) is 34.8 Å². The van der Waals surface area contributed by atoms with Crippen molar-refractivity contribution in [2.24, 2.45) is 0 Å². The zero-order valence-corrected chi connectivity index (χ0v) is 13.3. The number of aromatic nitrogens is 2. The lowest BCUT2D eigenvalue weighted by molar-refractivity contribution is 0.628. The van der Waals surface area contributed by atoms with Crippen molar-refractivity contribution in [2.45, 2.75) is 0 Å². The van der Waals surface area contributed by atoms with Gasteiger partial charge in [0.15, 0.2) is 5.15 Å². The van der Waals surface area contributed by atoms with Crippen molar-refractivity contribution >= 4 is 58.0 Å². The molecule has 0 spiro atoms. The Bertz CT molecular complexity index is 877. The summed E-state index contributed by atoms with van der Waals surface area (Å²) >= 11 is 18.1. The van der Waals surface area contributed by atoms with E-state index in [0.717, 1.165) is 5.56 Å². The number of hydrogen-bond acceptors (Lipinski definition) is 2. The van der Waals surface area contributed by atoms with Crippen molar-refractivity contribution < 1.29 is 4.39 Å². The first kappa shape index (κ1) is 15.2. The van der Waals surface area contributed by atoms with Crippen molar-refractivity contribution in [3.63, 3.8) is 0 Å².